The van der Waals surface area contributed by atoms with Crippen LogP contribution in [0.15, 0.2) is 18.2 Å². The van der Waals surface area contributed by atoms with Crippen LogP contribution in [0, 0.1) is 23.7 Å². The summed E-state index contributed by atoms with van der Waals surface area (Å²) in [4.78, 5) is 2.41. The summed E-state index contributed by atoms with van der Waals surface area (Å²) < 4.78 is 0. The van der Waals surface area contributed by atoms with Gasteiger partial charge in [-0.05, 0) is 42.7 Å². The van der Waals surface area contributed by atoms with Crippen molar-refractivity contribution in [3.8, 4) is 0 Å². The second kappa shape index (κ2) is 5.47. The van der Waals surface area contributed by atoms with Gasteiger partial charge in [-0.15, -0.1) is 0 Å². The predicted octanol–water partition coefficient (Wildman–Crippen LogP) is 3.54. The van der Waals surface area contributed by atoms with Gasteiger partial charge >= 0.3 is 0 Å². The van der Waals surface area contributed by atoms with E-state index in [0.717, 1.165) is 30.3 Å². The molecule has 1 aliphatic rings. The molecule has 0 unspecified atom stereocenters. The first-order valence-corrected chi connectivity index (χ1v) is 7.49. The largest absolute Gasteiger partial charge is 0.384 e. The number of anilines is 1. The molecular formula is C17H27N3. The summed E-state index contributed by atoms with van der Waals surface area (Å²) in [6.45, 7) is 11.2. The number of nitrogens with two attached hydrogens (primary N) is 1. The Morgan fingerprint density at radius 3 is 2.35 bits per heavy atom. The van der Waals surface area contributed by atoms with Gasteiger partial charge in [0.2, 0.25) is 0 Å². The molecule has 1 saturated heterocycles. The van der Waals surface area contributed by atoms with Crippen LogP contribution in [0.5, 0.6) is 0 Å². The Kier molecular flexibility index (Phi) is 4.07. The molecule has 0 spiro atoms. The minimum absolute atomic E-state index is 0.168. The van der Waals surface area contributed by atoms with Crippen molar-refractivity contribution in [2.24, 2.45) is 17.1 Å². The molecule has 3 heteroatoms. The van der Waals surface area contributed by atoms with Crippen molar-refractivity contribution in [2.45, 2.75) is 40.5 Å². The lowest BCUT2D eigenvalue weighted by Gasteiger charge is -2.40. The zero-order valence-corrected chi connectivity index (χ0v) is 13.2. The van der Waals surface area contributed by atoms with E-state index >= 15 is 0 Å². The number of rotatable bonds is 2. The monoisotopic (exact) mass is 273 g/mol. The molecule has 3 nitrogen and oxygen atoms in total. The Balaban J connectivity index is 2.21. The summed E-state index contributed by atoms with van der Waals surface area (Å²) in [6.07, 6.45) is 2.43. The first-order chi connectivity index (χ1) is 9.30. The van der Waals surface area contributed by atoms with Crippen molar-refractivity contribution in [1.29, 1.82) is 5.41 Å². The van der Waals surface area contributed by atoms with Gasteiger partial charge < -0.3 is 10.6 Å². The fraction of sp³-hybridized carbons (Fsp3) is 0.588. The average molecular weight is 273 g/mol. The quantitative estimate of drug-likeness (QED) is 0.639. The SMILES string of the molecule is Cc1cccc(C(=N)N)c1N1CCC(C(C)(C)C)CC1. The van der Waals surface area contributed by atoms with Crippen molar-refractivity contribution in [3.05, 3.63) is 29.3 Å². The molecule has 1 aromatic rings. The highest BCUT2D eigenvalue weighted by molar-refractivity contribution is 6.01. The Labute approximate surface area is 122 Å². The Morgan fingerprint density at radius 2 is 1.85 bits per heavy atom. The van der Waals surface area contributed by atoms with E-state index in [1.165, 1.54) is 18.4 Å². The minimum atomic E-state index is 0.168. The number of piperidine rings is 1. The maximum atomic E-state index is 7.78. The van der Waals surface area contributed by atoms with Crippen LogP contribution in [0.1, 0.15) is 44.7 Å². The zero-order valence-electron chi connectivity index (χ0n) is 13.2. The van der Waals surface area contributed by atoms with E-state index in [1.807, 2.05) is 12.1 Å². The van der Waals surface area contributed by atoms with Gasteiger partial charge in [-0.2, -0.15) is 0 Å². The third kappa shape index (κ3) is 2.97. The first-order valence-electron chi connectivity index (χ1n) is 7.49. The molecule has 3 N–H and O–H groups in total. The van der Waals surface area contributed by atoms with Crippen LogP contribution in [-0.2, 0) is 0 Å². The van der Waals surface area contributed by atoms with Crippen molar-refractivity contribution in [2.75, 3.05) is 18.0 Å². The van der Waals surface area contributed by atoms with Gasteiger partial charge in [0.25, 0.3) is 0 Å². The smallest absolute Gasteiger partial charge is 0.124 e. The summed E-state index contributed by atoms with van der Waals surface area (Å²) in [6, 6.07) is 6.05. The van der Waals surface area contributed by atoms with E-state index in [0.29, 0.717) is 5.41 Å². The zero-order chi connectivity index (χ0) is 14.9. The molecule has 0 atom stereocenters. The van der Waals surface area contributed by atoms with Crippen LogP contribution < -0.4 is 10.6 Å². The Bertz CT molecular complexity index is 491. The molecule has 1 fully saturated rings. The molecule has 110 valence electrons. The number of aryl methyl sites for hydroxylation is 1. The number of benzene rings is 1. The van der Waals surface area contributed by atoms with Crippen molar-refractivity contribution in [3.63, 3.8) is 0 Å². The molecule has 0 saturated carbocycles. The van der Waals surface area contributed by atoms with Gasteiger partial charge in [-0.3, -0.25) is 5.41 Å². The molecule has 1 heterocycles. The standard InChI is InChI=1S/C17H27N3/c1-12-6-5-7-14(16(18)19)15(12)20-10-8-13(9-11-20)17(2,3)4/h5-7,13H,8-11H2,1-4H3,(H3,18,19). The van der Waals surface area contributed by atoms with E-state index in [1.54, 1.807) is 0 Å². The van der Waals surface area contributed by atoms with Crippen LogP contribution in [0.2, 0.25) is 0 Å². The number of nitrogens with zero attached hydrogens (tertiary/aromatic N) is 1. The Morgan fingerprint density at radius 1 is 1.25 bits per heavy atom. The Hall–Kier alpha value is -1.51. The van der Waals surface area contributed by atoms with E-state index in [9.17, 15) is 0 Å². The number of nitrogen functional groups attached to an aromatic ring is 1. The highest BCUT2D eigenvalue weighted by atomic mass is 15.1. The van der Waals surface area contributed by atoms with Crippen molar-refractivity contribution >= 4 is 11.5 Å². The van der Waals surface area contributed by atoms with Crippen molar-refractivity contribution < 1.29 is 0 Å². The molecule has 1 aromatic carbocycles. The van der Waals surface area contributed by atoms with Gasteiger partial charge in [0.05, 0.1) is 5.69 Å². The highest BCUT2D eigenvalue weighted by Crippen LogP contribution is 2.37. The van der Waals surface area contributed by atoms with Gasteiger partial charge in [0.1, 0.15) is 5.84 Å². The minimum Gasteiger partial charge on any atom is -0.384 e. The molecule has 1 aliphatic heterocycles. The summed E-state index contributed by atoms with van der Waals surface area (Å²) >= 11 is 0. The second-order valence-corrected chi connectivity index (χ2v) is 7.01. The molecule has 20 heavy (non-hydrogen) atoms. The van der Waals surface area contributed by atoms with Crippen LogP contribution in [0.4, 0.5) is 5.69 Å². The maximum absolute atomic E-state index is 7.78. The first kappa shape index (κ1) is 14.9. The average Bonchev–Trinajstić information content (AvgIpc) is 2.37. The fourth-order valence-corrected chi connectivity index (χ4v) is 3.27. The van der Waals surface area contributed by atoms with Crippen LogP contribution >= 0.6 is 0 Å². The lowest BCUT2D eigenvalue weighted by Crippen LogP contribution is -2.39. The lowest BCUT2D eigenvalue weighted by atomic mass is 9.75. The van der Waals surface area contributed by atoms with E-state index in [2.05, 4.69) is 38.7 Å². The van der Waals surface area contributed by atoms with Crippen LogP contribution in [-0.4, -0.2) is 18.9 Å². The molecule has 0 amide bonds. The highest BCUT2D eigenvalue weighted by Gasteiger charge is 2.29. The summed E-state index contributed by atoms with van der Waals surface area (Å²) in [5.41, 5.74) is 9.38. The third-order valence-corrected chi connectivity index (χ3v) is 4.56. The topological polar surface area (TPSA) is 53.1 Å². The molecule has 0 aromatic heterocycles. The van der Waals surface area contributed by atoms with Gasteiger partial charge in [-0.1, -0.05) is 32.9 Å². The maximum Gasteiger partial charge on any atom is 0.124 e. The van der Waals surface area contributed by atoms with Crippen LogP contribution in [0.25, 0.3) is 0 Å². The summed E-state index contributed by atoms with van der Waals surface area (Å²) in [5, 5.41) is 7.78. The number of amidine groups is 1. The summed E-state index contributed by atoms with van der Waals surface area (Å²) in [5.74, 6) is 0.949. The van der Waals surface area contributed by atoms with Crippen molar-refractivity contribution in [1.82, 2.24) is 0 Å². The predicted molar refractivity (Wildman–Crippen MR) is 86.6 cm³/mol. The number of para-hydroxylation sites is 1. The molecule has 0 bridgehead atoms. The van der Waals surface area contributed by atoms with Crippen LogP contribution in [0.3, 0.4) is 0 Å². The number of hydrogen-bond donors (Lipinski definition) is 2. The normalized spacial score (nSPS) is 17.3. The van der Waals surface area contributed by atoms with Gasteiger partial charge in [0, 0.05) is 18.7 Å². The lowest BCUT2D eigenvalue weighted by molar-refractivity contribution is 0.199. The number of hydrogen-bond acceptors (Lipinski definition) is 2. The molecule has 2 rings (SSSR count). The fourth-order valence-electron chi connectivity index (χ4n) is 3.27. The van der Waals surface area contributed by atoms with Gasteiger partial charge in [-0.25, -0.2) is 0 Å². The van der Waals surface area contributed by atoms with E-state index in [-0.39, 0.29) is 5.84 Å². The van der Waals surface area contributed by atoms with E-state index in [4.69, 9.17) is 11.1 Å². The van der Waals surface area contributed by atoms with Gasteiger partial charge in [0.15, 0.2) is 0 Å². The third-order valence-electron chi connectivity index (χ3n) is 4.56. The molecular weight excluding hydrogens is 246 g/mol. The number of nitrogens with one attached hydrogen (secondary N) is 1. The summed E-state index contributed by atoms with van der Waals surface area (Å²) in [7, 11) is 0. The van der Waals surface area contributed by atoms with E-state index < -0.39 is 0 Å². The second-order valence-electron chi connectivity index (χ2n) is 7.01. The molecule has 0 aliphatic carbocycles. The molecule has 0 radical (unpaired) electrons.